The molecular formula is C38H54NO7+. The van der Waals surface area contributed by atoms with Gasteiger partial charge in [-0.1, -0.05) is 27.7 Å². The normalized spacial score (nSPS) is 52.9. The predicted molar refractivity (Wildman–Crippen MR) is 168 cm³/mol. The lowest BCUT2D eigenvalue weighted by Crippen LogP contribution is -2.59. The summed E-state index contributed by atoms with van der Waals surface area (Å²) in [5, 5.41) is 0.374. The van der Waals surface area contributed by atoms with Crippen molar-refractivity contribution in [3.05, 3.63) is 4.91 Å². The Kier molecular flexibility index (Phi) is 7.07. The zero-order valence-corrected chi connectivity index (χ0v) is 28.4. The molecule has 0 amide bonds. The van der Waals surface area contributed by atoms with Gasteiger partial charge in [-0.25, -0.2) is 0 Å². The standard InChI is InChI=1S/C38H54NO7/c1-35-13-9-21(40)17-29(35)31(19-23-25-5-7-33(42)37(25,3)15-11-27(23)35)45-39(44)46-32-20-24-26-6-8-34(43)38(26,4)16-12-28(24)36(2)14-10-22(41)18-30(32)36/h23-32H,5-20H2,1-4H3/q+1/t23-,24-,25-,26-,27+,28+,29?,30?,31?,32?,35+,36+,37-,38-/m0/s1. The van der Waals surface area contributed by atoms with Crippen LogP contribution in [0.1, 0.15) is 130 Å². The summed E-state index contributed by atoms with van der Waals surface area (Å²) >= 11 is 0. The molecule has 0 bridgehead atoms. The average molecular weight is 637 g/mol. The third-order valence-electron chi connectivity index (χ3n) is 16.8. The summed E-state index contributed by atoms with van der Waals surface area (Å²) in [5.41, 5.74) is -0.827. The van der Waals surface area contributed by atoms with Gasteiger partial charge in [-0.15, -0.1) is 0 Å². The largest absolute Gasteiger partial charge is 0.478 e. The molecule has 8 nitrogen and oxygen atoms in total. The highest BCUT2D eigenvalue weighted by Gasteiger charge is 2.66. The fraction of sp³-hybridized carbons (Fsp3) is 0.895. The molecule has 4 unspecified atom stereocenters. The van der Waals surface area contributed by atoms with Crippen LogP contribution in [0.4, 0.5) is 0 Å². The first kappa shape index (κ1) is 31.2. The zero-order valence-electron chi connectivity index (χ0n) is 28.4. The van der Waals surface area contributed by atoms with Crippen LogP contribution in [0.3, 0.4) is 0 Å². The van der Waals surface area contributed by atoms with Crippen molar-refractivity contribution in [2.75, 3.05) is 0 Å². The molecule has 8 fully saturated rings. The maximum Gasteiger partial charge on any atom is 0.478 e. The molecule has 8 saturated carbocycles. The lowest BCUT2D eigenvalue weighted by molar-refractivity contribution is -0.996. The molecule has 8 heteroatoms. The van der Waals surface area contributed by atoms with Crippen molar-refractivity contribution < 1.29 is 33.9 Å². The first-order valence-corrected chi connectivity index (χ1v) is 18.7. The number of ketones is 4. The molecular weight excluding hydrogens is 582 g/mol. The smallest absolute Gasteiger partial charge is 0.300 e. The van der Waals surface area contributed by atoms with E-state index in [9.17, 15) is 24.1 Å². The SMILES string of the molecule is C[C@]12CCC(=O)CC1C(O[N+](=O)OC1C[C@@H]3[C@@H](CC[C@]4(C)C(=O)CC[C@@H]34)[C@@]3(C)CCC(=O)CC13)C[C@@H]1[C@H]2CC[C@]2(C)C(=O)CC[C@@H]12. The molecule has 0 aromatic carbocycles. The molecule has 46 heavy (non-hydrogen) atoms. The van der Waals surface area contributed by atoms with Gasteiger partial charge in [-0.3, -0.25) is 19.2 Å². The molecule has 0 saturated heterocycles. The van der Waals surface area contributed by atoms with Crippen molar-refractivity contribution in [1.82, 2.24) is 0 Å². The summed E-state index contributed by atoms with van der Waals surface area (Å²) in [5.74, 6) is 3.14. The third-order valence-corrected chi connectivity index (χ3v) is 16.8. The van der Waals surface area contributed by atoms with Gasteiger partial charge in [0.1, 0.15) is 28.0 Å². The minimum atomic E-state index is -0.452. The van der Waals surface area contributed by atoms with E-state index in [1.807, 2.05) is 0 Å². The van der Waals surface area contributed by atoms with Crippen molar-refractivity contribution in [3.8, 4) is 0 Å². The second-order valence-corrected chi connectivity index (χ2v) is 18.3. The highest BCUT2D eigenvalue weighted by molar-refractivity contribution is 5.87. The summed E-state index contributed by atoms with van der Waals surface area (Å²) in [6, 6.07) is 0. The van der Waals surface area contributed by atoms with Crippen LogP contribution in [-0.4, -0.2) is 40.4 Å². The van der Waals surface area contributed by atoms with Crippen LogP contribution in [0.25, 0.3) is 0 Å². The van der Waals surface area contributed by atoms with E-state index < -0.39 is 12.2 Å². The minimum absolute atomic E-state index is 0.0580. The molecule has 0 aromatic rings. The Bertz CT molecular complexity index is 1280. The quantitative estimate of drug-likeness (QED) is 0.308. The van der Waals surface area contributed by atoms with Crippen LogP contribution >= 0.6 is 0 Å². The molecule has 252 valence electrons. The first-order chi connectivity index (χ1) is 21.8. The molecule has 0 spiro atoms. The molecule has 0 aliphatic heterocycles. The van der Waals surface area contributed by atoms with Crippen molar-refractivity contribution >= 4 is 23.1 Å². The van der Waals surface area contributed by atoms with Gasteiger partial charge in [-0.05, 0) is 111 Å². The Balaban J connectivity index is 1.06. The van der Waals surface area contributed by atoms with Gasteiger partial charge in [0, 0.05) is 61.2 Å². The highest BCUT2D eigenvalue weighted by atomic mass is 17.0. The molecule has 0 heterocycles. The van der Waals surface area contributed by atoms with E-state index >= 15 is 0 Å². The summed E-state index contributed by atoms with van der Waals surface area (Å²) < 4.78 is 0. The molecule has 8 rings (SSSR count). The lowest BCUT2D eigenvalue weighted by atomic mass is 9.44. The second kappa shape index (κ2) is 10.4. The number of Topliss-reactive ketones (excluding diaryl/α,β-unsaturated/α-hetero) is 4. The van der Waals surface area contributed by atoms with Crippen LogP contribution in [0.15, 0.2) is 0 Å². The van der Waals surface area contributed by atoms with E-state index in [1.54, 1.807) is 0 Å². The Morgan fingerprint density at radius 3 is 1.37 bits per heavy atom. The van der Waals surface area contributed by atoms with Crippen LogP contribution in [0, 0.1) is 73.9 Å². The summed E-state index contributed by atoms with van der Waals surface area (Å²) in [7, 11) is 0. The molecule has 0 radical (unpaired) electrons. The Hall–Kier alpha value is -2.12. The molecule has 0 aromatic heterocycles. The minimum Gasteiger partial charge on any atom is -0.300 e. The number of carbonyl (C=O) groups excluding carboxylic acids is 4. The predicted octanol–water partition coefficient (Wildman–Crippen LogP) is 6.95. The van der Waals surface area contributed by atoms with Gasteiger partial charge in [0.05, 0.1) is 0 Å². The molecule has 8 aliphatic rings. The van der Waals surface area contributed by atoms with Gasteiger partial charge < -0.3 is 0 Å². The topological polar surface area (TPSA) is 107 Å². The summed E-state index contributed by atoms with van der Waals surface area (Å²) in [4.78, 5) is 78.4. The maximum absolute atomic E-state index is 13.9. The van der Waals surface area contributed by atoms with Crippen molar-refractivity contribution in [1.29, 1.82) is 0 Å². The third kappa shape index (κ3) is 4.28. The maximum atomic E-state index is 13.9. The highest BCUT2D eigenvalue weighted by Crippen LogP contribution is 2.67. The lowest BCUT2D eigenvalue weighted by Gasteiger charge is -2.60. The first-order valence-electron chi connectivity index (χ1n) is 18.7. The molecule has 14 atom stereocenters. The number of nitrogens with zero attached hydrogens (tertiary/aromatic N) is 1. The number of hydrogen-bond donors (Lipinski definition) is 0. The van der Waals surface area contributed by atoms with E-state index in [2.05, 4.69) is 27.7 Å². The average Bonchev–Trinajstić information content (AvgIpc) is 3.49. The Morgan fingerprint density at radius 1 is 0.543 bits per heavy atom. The van der Waals surface area contributed by atoms with E-state index in [4.69, 9.17) is 9.68 Å². The fourth-order valence-corrected chi connectivity index (χ4v) is 14.1. The number of hydrogen-bond acceptors (Lipinski definition) is 7. The Morgan fingerprint density at radius 2 is 0.957 bits per heavy atom. The van der Waals surface area contributed by atoms with Crippen molar-refractivity contribution in [3.63, 3.8) is 0 Å². The van der Waals surface area contributed by atoms with E-state index in [1.165, 1.54) is 0 Å². The van der Waals surface area contributed by atoms with Crippen LogP contribution < -0.4 is 0 Å². The van der Waals surface area contributed by atoms with Crippen molar-refractivity contribution in [2.45, 2.75) is 143 Å². The van der Waals surface area contributed by atoms with E-state index in [-0.39, 0.29) is 56.9 Å². The number of carbonyl (C=O) groups is 4. The summed E-state index contributed by atoms with van der Waals surface area (Å²) in [6.45, 7) is 8.95. The number of fused-ring (bicyclic) bond motifs is 10. The van der Waals surface area contributed by atoms with Gasteiger partial charge in [-0.2, -0.15) is 9.68 Å². The van der Waals surface area contributed by atoms with Crippen LogP contribution in [-0.2, 0) is 28.9 Å². The van der Waals surface area contributed by atoms with E-state index in [0.717, 1.165) is 51.4 Å². The monoisotopic (exact) mass is 636 g/mol. The Labute approximate surface area is 273 Å². The van der Waals surface area contributed by atoms with Gasteiger partial charge in [0.25, 0.3) is 0 Å². The number of rotatable bonds is 4. The van der Waals surface area contributed by atoms with E-state index in [0.29, 0.717) is 91.7 Å². The van der Waals surface area contributed by atoms with Gasteiger partial charge in [0.15, 0.2) is 12.2 Å². The molecule has 0 N–H and O–H groups in total. The fourth-order valence-electron chi connectivity index (χ4n) is 14.1. The second-order valence-electron chi connectivity index (χ2n) is 18.3. The molecule has 8 aliphatic carbocycles. The van der Waals surface area contributed by atoms with Gasteiger partial charge >= 0.3 is 5.09 Å². The summed E-state index contributed by atoms with van der Waals surface area (Å²) in [6.07, 6.45) is 11.0. The van der Waals surface area contributed by atoms with Crippen LogP contribution in [0.5, 0.6) is 0 Å². The van der Waals surface area contributed by atoms with Crippen LogP contribution in [0.2, 0.25) is 0 Å². The van der Waals surface area contributed by atoms with Gasteiger partial charge in [0.2, 0.25) is 0 Å². The van der Waals surface area contributed by atoms with Crippen molar-refractivity contribution in [2.24, 2.45) is 69.0 Å². The zero-order chi connectivity index (χ0) is 32.4.